The first kappa shape index (κ1) is 11.6. The first-order chi connectivity index (χ1) is 7.70. The van der Waals surface area contributed by atoms with Crippen molar-refractivity contribution in [2.75, 3.05) is 12.4 Å². The summed E-state index contributed by atoms with van der Waals surface area (Å²) in [6.07, 6.45) is 3.37. The Labute approximate surface area is 101 Å². The molecule has 1 aromatic carbocycles. The van der Waals surface area contributed by atoms with E-state index in [9.17, 15) is 0 Å². The molecule has 2 atom stereocenters. The summed E-state index contributed by atoms with van der Waals surface area (Å²) in [7, 11) is 1.66. The summed E-state index contributed by atoms with van der Waals surface area (Å²) in [6.45, 7) is 0. The van der Waals surface area contributed by atoms with E-state index in [4.69, 9.17) is 22.1 Å². The number of halogens is 1. The Morgan fingerprint density at radius 3 is 2.88 bits per heavy atom. The van der Waals surface area contributed by atoms with Gasteiger partial charge in [-0.05, 0) is 37.5 Å². The number of hydrogen-bond donors (Lipinski definition) is 2. The summed E-state index contributed by atoms with van der Waals surface area (Å²) < 4.78 is 5.28. The minimum absolute atomic E-state index is 0.226. The van der Waals surface area contributed by atoms with Gasteiger partial charge in [-0.1, -0.05) is 11.6 Å². The first-order valence-corrected chi connectivity index (χ1v) is 5.94. The summed E-state index contributed by atoms with van der Waals surface area (Å²) in [5.74, 6) is 0.809. The highest BCUT2D eigenvalue weighted by molar-refractivity contribution is 6.30. The molecule has 16 heavy (non-hydrogen) atoms. The standard InChI is InChI=1S/C12H17ClN2O/c1-16-12-6-5-8(13)7-11(12)15-10-4-2-3-9(10)14/h5-7,9-10,15H,2-4,14H2,1H3. The van der Waals surface area contributed by atoms with E-state index in [2.05, 4.69) is 5.32 Å². The molecule has 0 radical (unpaired) electrons. The van der Waals surface area contributed by atoms with Crippen LogP contribution in [0.1, 0.15) is 19.3 Å². The minimum Gasteiger partial charge on any atom is -0.495 e. The third-order valence-electron chi connectivity index (χ3n) is 3.07. The number of anilines is 1. The highest BCUT2D eigenvalue weighted by Crippen LogP contribution is 2.30. The molecule has 1 saturated carbocycles. The maximum Gasteiger partial charge on any atom is 0.142 e. The van der Waals surface area contributed by atoms with E-state index < -0.39 is 0 Å². The van der Waals surface area contributed by atoms with Crippen molar-refractivity contribution in [1.82, 2.24) is 0 Å². The van der Waals surface area contributed by atoms with Crippen molar-refractivity contribution in [3.63, 3.8) is 0 Å². The molecule has 1 aliphatic carbocycles. The molecule has 2 rings (SSSR count). The van der Waals surface area contributed by atoms with Gasteiger partial charge in [0.05, 0.1) is 12.8 Å². The quantitative estimate of drug-likeness (QED) is 0.854. The molecule has 1 fully saturated rings. The zero-order valence-corrected chi connectivity index (χ0v) is 10.1. The van der Waals surface area contributed by atoms with Crippen LogP contribution in [-0.4, -0.2) is 19.2 Å². The number of hydrogen-bond acceptors (Lipinski definition) is 3. The summed E-state index contributed by atoms with van der Waals surface area (Å²) >= 11 is 5.97. The molecule has 1 aliphatic rings. The number of rotatable bonds is 3. The lowest BCUT2D eigenvalue weighted by atomic mass is 10.1. The van der Waals surface area contributed by atoms with Gasteiger partial charge >= 0.3 is 0 Å². The molecule has 0 saturated heterocycles. The van der Waals surface area contributed by atoms with E-state index in [0.29, 0.717) is 11.1 Å². The zero-order chi connectivity index (χ0) is 11.5. The maximum atomic E-state index is 6.02. The Balaban J connectivity index is 2.16. The first-order valence-electron chi connectivity index (χ1n) is 5.56. The molecule has 0 aliphatic heterocycles. The molecule has 0 heterocycles. The Morgan fingerprint density at radius 2 is 2.25 bits per heavy atom. The normalized spacial score (nSPS) is 24.4. The largest absolute Gasteiger partial charge is 0.495 e. The SMILES string of the molecule is COc1ccc(Cl)cc1NC1CCCC1N. The fourth-order valence-electron chi connectivity index (χ4n) is 2.16. The second-order valence-electron chi connectivity index (χ2n) is 4.19. The van der Waals surface area contributed by atoms with Crippen molar-refractivity contribution < 1.29 is 4.74 Å². The average Bonchev–Trinajstić information content (AvgIpc) is 2.65. The minimum atomic E-state index is 0.226. The zero-order valence-electron chi connectivity index (χ0n) is 9.37. The van der Waals surface area contributed by atoms with Crippen molar-refractivity contribution in [2.45, 2.75) is 31.3 Å². The monoisotopic (exact) mass is 240 g/mol. The van der Waals surface area contributed by atoms with Crippen LogP contribution in [0, 0.1) is 0 Å². The van der Waals surface area contributed by atoms with Crippen LogP contribution in [0.5, 0.6) is 5.75 Å². The van der Waals surface area contributed by atoms with Gasteiger partial charge in [0.25, 0.3) is 0 Å². The van der Waals surface area contributed by atoms with Gasteiger partial charge in [-0.2, -0.15) is 0 Å². The number of methoxy groups -OCH3 is 1. The molecule has 0 spiro atoms. The lowest BCUT2D eigenvalue weighted by molar-refractivity contribution is 0.415. The molecule has 4 heteroatoms. The van der Waals surface area contributed by atoms with E-state index in [0.717, 1.165) is 24.3 Å². The molecule has 88 valence electrons. The van der Waals surface area contributed by atoms with Crippen LogP contribution < -0.4 is 15.8 Å². The Morgan fingerprint density at radius 1 is 1.44 bits per heavy atom. The Kier molecular flexibility index (Phi) is 3.56. The summed E-state index contributed by atoms with van der Waals surface area (Å²) in [4.78, 5) is 0. The van der Waals surface area contributed by atoms with E-state index in [1.807, 2.05) is 18.2 Å². The molecule has 2 unspecified atom stereocenters. The van der Waals surface area contributed by atoms with Crippen molar-refractivity contribution >= 4 is 17.3 Å². The van der Waals surface area contributed by atoms with E-state index in [1.165, 1.54) is 6.42 Å². The molecular weight excluding hydrogens is 224 g/mol. The van der Waals surface area contributed by atoms with Crippen molar-refractivity contribution in [1.29, 1.82) is 0 Å². The summed E-state index contributed by atoms with van der Waals surface area (Å²) in [5.41, 5.74) is 6.95. The van der Waals surface area contributed by atoms with Gasteiger partial charge < -0.3 is 15.8 Å². The fraction of sp³-hybridized carbons (Fsp3) is 0.500. The third kappa shape index (κ3) is 2.42. The van der Waals surface area contributed by atoms with Crippen LogP contribution >= 0.6 is 11.6 Å². The van der Waals surface area contributed by atoms with Crippen molar-refractivity contribution in [3.05, 3.63) is 23.2 Å². The lowest BCUT2D eigenvalue weighted by Crippen LogP contribution is -2.35. The Hall–Kier alpha value is -0.930. The molecule has 0 amide bonds. The van der Waals surface area contributed by atoms with Gasteiger partial charge in [-0.3, -0.25) is 0 Å². The van der Waals surface area contributed by atoms with Crippen LogP contribution in [0.25, 0.3) is 0 Å². The van der Waals surface area contributed by atoms with Gasteiger partial charge in [-0.15, -0.1) is 0 Å². The van der Waals surface area contributed by atoms with Gasteiger partial charge in [0.2, 0.25) is 0 Å². The van der Waals surface area contributed by atoms with Gasteiger partial charge in [0.1, 0.15) is 5.75 Å². The highest BCUT2D eigenvalue weighted by atomic mass is 35.5. The molecule has 3 N–H and O–H groups in total. The second-order valence-corrected chi connectivity index (χ2v) is 4.63. The smallest absolute Gasteiger partial charge is 0.142 e. The maximum absolute atomic E-state index is 6.02. The van der Waals surface area contributed by atoms with Crippen LogP contribution in [-0.2, 0) is 0 Å². The predicted octanol–water partition coefficient (Wildman–Crippen LogP) is 2.64. The molecule has 0 aromatic heterocycles. The molecule has 1 aromatic rings. The van der Waals surface area contributed by atoms with Crippen LogP contribution in [0.4, 0.5) is 5.69 Å². The van der Waals surface area contributed by atoms with Gasteiger partial charge in [0.15, 0.2) is 0 Å². The predicted molar refractivity (Wildman–Crippen MR) is 67.2 cm³/mol. The van der Waals surface area contributed by atoms with E-state index >= 15 is 0 Å². The number of nitrogens with two attached hydrogens (primary N) is 1. The molecular formula is C12H17ClN2O. The van der Waals surface area contributed by atoms with E-state index in [1.54, 1.807) is 7.11 Å². The fourth-order valence-corrected chi connectivity index (χ4v) is 2.33. The number of ether oxygens (including phenoxy) is 1. The third-order valence-corrected chi connectivity index (χ3v) is 3.31. The Bertz CT molecular complexity index is 370. The molecule has 3 nitrogen and oxygen atoms in total. The highest BCUT2D eigenvalue weighted by Gasteiger charge is 2.24. The summed E-state index contributed by atoms with van der Waals surface area (Å²) in [6, 6.07) is 6.12. The van der Waals surface area contributed by atoms with Crippen LogP contribution in [0.3, 0.4) is 0 Å². The van der Waals surface area contributed by atoms with E-state index in [-0.39, 0.29) is 6.04 Å². The van der Waals surface area contributed by atoms with Gasteiger partial charge in [-0.25, -0.2) is 0 Å². The van der Waals surface area contributed by atoms with Crippen molar-refractivity contribution in [3.8, 4) is 5.75 Å². The lowest BCUT2D eigenvalue weighted by Gasteiger charge is -2.20. The van der Waals surface area contributed by atoms with Gasteiger partial charge in [0, 0.05) is 17.1 Å². The average molecular weight is 241 g/mol. The van der Waals surface area contributed by atoms with Crippen LogP contribution in [0.2, 0.25) is 5.02 Å². The summed E-state index contributed by atoms with van der Waals surface area (Å²) in [5, 5.41) is 4.12. The number of benzene rings is 1. The second kappa shape index (κ2) is 4.93. The topological polar surface area (TPSA) is 47.3 Å². The number of nitrogens with one attached hydrogen (secondary N) is 1. The molecule has 0 bridgehead atoms. The van der Waals surface area contributed by atoms with Crippen molar-refractivity contribution in [2.24, 2.45) is 5.73 Å². The van der Waals surface area contributed by atoms with Crippen LogP contribution in [0.15, 0.2) is 18.2 Å².